The van der Waals surface area contributed by atoms with Crippen LogP contribution in [0.1, 0.15) is 36.8 Å². The maximum absolute atomic E-state index is 6.28. The van der Waals surface area contributed by atoms with Crippen LogP contribution < -0.4 is 5.32 Å². The molecule has 1 atom stereocenters. The molecule has 4 heteroatoms. The van der Waals surface area contributed by atoms with E-state index < -0.39 is 0 Å². The van der Waals surface area contributed by atoms with Crippen molar-refractivity contribution in [1.29, 1.82) is 0 Å². The Morgan fingerprint density at radius 3 is 2.56 bits per heavy atom. The van der Waals surface area contributed by atoms with Crippen molar-refractivity contribution in [3.8, 4) is 0 Å². The van der Waals surface area contributed by atoms with Gasteiger partial charge in [-0.1, -0.05) is 30.1 Å². The molecule has 1 aromatic carbocycles. The third kappa shape index (κ3) is 2.53. The molecule has 0 saturated carbocycles. The summed E-state index contributed by atoms with van der Waals surface area (Å²) in [7, 11) is 0. The summed E-state index contributed by atoms with van der Waals surface area (Å²) in [6, 6.07) is 4.09. The first-order valence-corrected chi connectivity index (χ1v) is 7.73. The third-order valence-corrected chi connectivity index (χ3v) is 5.36. The molecule has 0 saturated heterocycles. The zero-order valence-corrected chi connectivity index (χ0v) is 13.1. The molecular formula is C14H17Cl2NS. The van der Waals surface area contributed by atoms with Gasteiger partial charge in [0.2, 0.25) is 0 Å². The molecule has 2 aromatic rings. The smallest absolute Gasteiger partial charge is 0.0585 e. The summed E-state index contributed by atoms with van der Waals surface area (Å²) in [6.07, 6.45) is 1.13. The van der Waals surface area contributed by atoms with Crippen LogP contribution in [0.15, 0.2) is 12.1 Å². The minimum absolute atomic E-state index is 0.342. The lowest BCUT2D eigenvalue weighted by molar-refractivity contribution is 0.576. The second kappa shape index (κ2) is 5.79. The Morgan fingerprint density at radius 1 is 1.28 bits per heavy atom. The molecule has 0 bridgehead atoms. The Hall–Kier alpha value is -0.280. The molecule has 2 rings (SSSR count). The van der Waals surface area contributed by atoms with E-state index in [1.165, 1.54) is 10.4 Å². The number of nitrogens with one attached hydrogen (secondary N) is 1. The van der Waals surface area contributed by atoms with Gasteiger partial charge in [-0.3, -0.25) is 0 Å². The lowest BCUT2D eigenvalue weighted by Gasteiger charge is -2.12. The van der Waals surface area contributed by atoms with E-state index in [1.807, 2.05) is 12.1 Å². The Balaban J connectivity index is 2.50. The molecule has 1 unspecified atom stereocenters. The minimum Gasteiger partial charge on any atom is -0.309 e. The van der Waals surface area contributed by atoms with Crippen molar-refractivity contribution in [2.75, 3.05) is 6.54 Å². The highest BCUT2D eigenvalue weighted by Crippen LogP contribution is 2.41. The first kappa shape index (κ1) is 14.1. The first-order chi connectivity index (χ1) is 8.56. The molecule has 0 spiro atoms. The fraction of sp³-hybridized carbons (Fsp3) is 0.429. The fourth-order valence-corrected chi connectivity index (χ4v) is 4.05. The molecule has 1 aromatic heterocycles. The summed E-state index contributed by atoms with van der Waals surface area (Å²) >= 11 is 14.3. The number of hydrogen-bond donors (Lipinski definition) is 1. The van der Waals surface area contributed by atoms with Crippen LogP contribution in [0.5, 0.6) is 0 Å². The normalized spacial score (nSPS) is 13.2. The van der Waals surface area contributed by atoms with Crippen LogP contribution in [-0.2, 0) is 0 Å². The molecule has 1 N–H and O–H groups in total. The van der Waals surface area contributed by atoms with Gasteiger partial charge in [-0.15, -0.1) is 11.3 Å². The summed E-state index contributed by atoms with van der Waals surface area (Å²) in [4.78, 5) is 1.33. The predicted molar refractivity (Wildman–Crippen MR) is 83.3 cm³/mol. The van der Waals surface area contributed by atoms with E-state index >= 15 is 0 Å². The van der Waals surface area contributed by atoms with Crippen LogP contribution in [0.2, 0.25) is 10.0 Å². The van der Waals surface area contributed by atoms with Gasteiger partial charge in [-0.05, 0) is 44.5 Å². The molecule has 0 amide bonds. The van der Waals surface area contributed by atoms with Crippen LogP contribution in [0.25, 0.3) is 10.1 Å². The van der Waals surface area contributed by atoms with Gasteiger partial charge < -0.3 is 5.32 Å². The van der Waals surface area contributed by atoms with Crippen LogP contribution in [0, 0.1) is 6.92 Å². The number of thiophene rings is 1. The Labute approximate surface area is 122 Å². The van der Waals surface area contributed by atoms with Crippen molar-refractivity contribution in [2.45, 2.75) is 33.2 Å². The van der Waals surface area contributed by atoms with Gasteiger partial charge in [-0.2, -0.15) is 0 Å². The average molecular weight is 302 g/mol. The Kier molecular flexibility index (Phi) is 4.54. The first-order valence-electron chi connectivity index (χ1n) is 6.16. The predicted octanol–water partition coefficient (Wildman–Crippen LogP) is 5.58. The number of hydrogen-bond acceptors (Lipinski definition) is 2. The van der Waals surface area contributed by atoms with Crippen LogP contribution >= 0.6 is 34.5 Å². The molecule has 1 nitrogen and oxygen atoms in total. The summed E-state index contributed by atoms with van der Waals surface area (Å²) in [5.41, 5.74) is 1.25. The van der Waals surface area contributed by atoms with Crippen molar-refractivity contribution in [3.63, 3.8) is 0 Å². The summed E-state index contributed by atoms with van der Waals surface area (Å²) in [5, 5.41) is 6.20. The molecule has 0 radical (unpaired) electrons. The summed E-state index contributed by atoms with van der Waals surface area (Å²) < 4.78 is 1.10. The fourth-order valence-electron chi connectivity index (χ4n) is 2.16. The van der Waals surface area contributed by atoms with Crippen molar-refractivity contribution >= 4 is 44.6 Å². The largest absolute Gasteiger partial charge is 0.309 e. The minimum atomic E-state index is 0.342. The van der Waals surface area contributed by atoms with Crippen LogP contribution in [-0.4, -0.2) is 6.54 Å². The van der Waals surface area contributed by atoms with Crippen molar-refractivity contribution in [1.82, 2.24) is 5.32 Å². The van der Waals surface area contributed by atoms with Crippen molar-refractivity contribution < 1.29 is 0 Å². The highest BCUT2D eigenvalue weighted by Gasteiger charge is 2.17. The zero-order chi connectivity index (χ0) is 13.3. The van der Waals surface area contributed by atoms with Gasteiger partial charge in [0, 0.05) is 21.3 Å². The van der Waals surface area contributed by atoms with Gasteiger partial charge in [0.15, 0.2) is 0 Å². The molecule has 18 heavy (non-hydrogen) atoms. The Morgan fingerprint density at radius 2 is 1.94 bits per heavy atom. The van der Waals surface area contributed by atoms with Crippen molar-refractivity contribution in [2.24, 2.45) is 0 Å². The van der Waals surface area contributed by atoms with E-state index in [0.717, 1.165) is 33.1 Å². The van der Waals surface area contributed by atoms with E-state index in [9.17, 15) is 0 Å². The maximum Gasteiger partial charge on any atom is 0.0585 e. The third-order valence-electron chi connectivity index (χ3n) is 3.11. The van der Waals surface area contributed by atoms with Crippen LogP contribution in [0.4, 0.5) is 0 Å². The molecule has 0 aliphatic heterocycles. The highest BCUT2D eigenvalue weighted by molar-refractivity contribution is 7.20. The molecule has 98 valence electrons. The Bertz CT molecular complexity index is 562. The van der Waals surface area contributed by atoms with Gasteiger partial charge in [0.05, 0.1) is 9.72 Å². The average Bonchev–Trinajstić information content (AvgIpc) is 2.70. The number of aryl methyl sites for hydroxylation is 1. The summed E-state index contributed by atoms with van der Waals surface area (Å²) in [6.45, 7) is 7.51. The summed E-state index contributed by atoms with van der Waals surface area (Å²) in [5.74, 6) is 0. The molecule has 0 fully saturated rings. The number of halogens is 2. The van der Waals surface area contributed by atoms with Gasteiger partial charge in [-0.25, -0.2) is 0 Å². The maximum atomic E-state index is 6.28. The lowest BCUT2D eigenvalue weighted by atomic mass is 10.1. The molecule has 1 heterocycles. The number of rotatable bonds is 4. The highest BCUT2D eigenvalue weighted by atomic mass is 35.5. The van der Waals surface area contributed by atoms with E-state index in [0.29, 0.717) is 6.04 Å². The zero-order valence-electron chi connectivity index (χ0n) is 10.8. The van der Waals surface area contributed by atoms with Gasteiger partial charge in [0.25, 0.3) is 0 Å². The molecule has 0 aliphatic rings. The van der Waals surface area contributed by atoms with Crippen LogP contribution in [0.3, 0.4) is 0 Å². The topological polar surface area (TPSA) is 12.0 Å². The quantitative estimate of drug-likeness (QED) is 0.777. The van der Waals surface area contributed by atoms with Gasteiger partial charge >= 0.3 is 0 Å². The number of fused-ring (bicyclic) bond motifs is 1. The van der Waals surface area contributed by atoms with E-state index in [-0.39, 0.29) is 0 Å². The van der Waals surface area contributed by atoms with E-state index in [2.05, 4.69) is 26.1 Å². The standard InChI is InChI=1S/C14H17Cl2NS/c1-4-7-17-9(3)13-8(2)12-10(15)5-6-11(16)14(12)18-13/h5-6,9,17H,4,7H2,1-3H3. The molecular weight excluding hydrogens is 285 g/mol. The van der Waals surface area contributed by atoms with E-state index in [4.69, 9.17) is 23.2 Å². The lowest BCUT2D eigenvalue weighted by Crippen LogP contribution is -2.18. The van der Waals surface area contributed by atoms with Gasteiger partial charge in [0.1, 0.15) is 0 Å². The second-order valence-corrected chi connectivity index (χ2v) is 6.37. The van der Waals surface area contributed by atoms with E-state index in [1.54, 1.807) is 11.3 Å². The number of benzene rings is 1. The second-order valence-electron chi connectivity index (χ2n) is 4.50. The molecule has 0 aliphatic carbocycles. The van der Waals surface area contributed by atoms with Crippen molar-refractivity contribution in [3.05, 3.63) is 32.6 Å². The monoisotopic (exact) mass is 301 g/mol. The SMILES string of the molecule is CCCNC(C)c1sc2c(Cl)ccc(Cl)c2c1C.